The molecule has 0 saturated heterocycles. The lowest BCUT2D eigenvalue weighted by atomic mass is 10.1. The van der Waals surface area contributed by atoms with E-state index >= 15 is 0 Å². The second-order valence-corrected chi connectivity index (χ2v) is 7.01. The molecular weight excluding hydrogens is 244 g/mol. The fourth-order valence-corrected chi connectivity index (χ4v) is 3.36. The summed E-state index contributed by atoms with van der Waals surface area (Å²) >= 11 is 0. The summed E-state index contributed by atoms with van der Waals surface area (Å²) in [5.74, 6) is -0.807. The third kappa shape index (κ3) is 9.42. The van der Waals surface area contributed by atoms with Crippen molar-refractivity contribution in [2.24, 2.45) is 0 Å². The minimum Gasteiger partial charge on any atom is -0.478 e. The van der Waals surface area contributed by atoms with Gasteiger partial charge in [-0.25, -0.2) is 4.79 Å². The van der Waals surface area contributed by atoms with Crippen molar-refractivity contribution in [1.82, 2.24) is 0 Å². The average molecular weight is 272 g/mol. The third-order valence-electron chi connectivity index (χ3n) is 3.23. The molecule has 3 nitrogen and oxygen atoms in total. The van der Waals surface area contributed by atoms with Crippen LogP contribution >= 0.6 is 0 Å². The quantitative estimate of drug-likeness (QED) is 0.357. The van der Waals surface area contributed by atoms with Crippen LogP contribution in [-0.2, 0) is 9.22 Å². The summed E-state index contributed by atoms with van der Waals surface area (Å²) in [6, 6.07) is 0. The van der Waals surface area contributed by atoms with Crippen LogP contribution in [0, 0.1) is 0 Å². The SMILES string of the molecule is CCCCCCC(CC/C=C(\C)C(=O)O)[SiH2]OC. The zero-order chi connectivity index (χ0) is 13.8. The summed E-state index contributed by atoms with van der Waals surface area (Å²) < 4.78 is 5.37. The Labute approximate surface area is 114 Å². The molecule has 0 aliphatic heterocycles. The summed E-state index contributed by atoms with van der Waals surface area (Å²) in [6.45, 7) is 3.88. The first-order valence-corrected chi connectivity index (χ1v) is 8.40. The van der Waals surface area contributed by atoms with Crippen LogP contribution in [0.4, 0.5) is 0 Å². The van der Waals surface area contributed by atoms with Gasteiger partial charge in [0.25, 0.3) is 0 Å². The summed E-state index contributed by atoms with van der Waals surface area (Å²) in [4.78, 5) is 10.7. The van der Waals surface area contributed by atoms with Gasteiger partial charge in [0.15, 0.2) is 9.76 Å². The lowest BCUT2D eigenvalue weighted by molar-refractivity contribution is -0.132. The summed E-state index contributed by atoms with van der Waals surface area (Å²) in [7, 11) is 1.36. The van der Waals surface area contributed by atoms with E-state index in [-0.39, 0.29) is 0 Å². The van der Waals surface area contributed by atoms with Crippen LogP contribution < -0.4 is 0 Å². The maximum Gasteiger partial charge on any atom is 0.330 e. The fraction of sp³-hybridized carbons (Fsp3) is 0.786. The number of rotatable bonds is 11. The average Bonchev–Trinajstić information content (AvgIpc) is 2.34. The van der Waals surface area contributed by atoms with Crippen LogP contribution in [0.2, 0.25) is 5.54 Å². The van der Waals surface area contributed by atoms with Crippen molar-refractivity contribution < 1.29 is 14.3 Å². The Kier molecular flexibility index (Phi) is 11.1. The van der Waals surface area contributed by atoms with Gasteiger partial charge in [-0.2, -0.15) is 0 Å². The molecule has 0 radical (unpaired) electrons. The Balaban J connectivity index is 3.88. The topological polar surface area (TPSA) is 46.5 Å². The standard InChI is InChI=1S/C14H28O3Si/c1-4-5-6-7-10-13(18-17-3)11-8-9-12(2)14(15)16/h9,13H,4-8,10-11,18H2,1-3H3,(H,15,16)/b12-9+. The van der Waals surface area contributed by atoms with Crippen LogP contribution in [0.25, 0.3) is 0 Å². The molecule has 0 aromatic rings. The van der Waals surface area contributed by atoms with Crippen molar-refractivity contribution in [1.29, 1.82) is 0 Å². The number of carboxylic acids is 1. The van der Waals surface area contributed by atoms with Gasteiger partial charge in [-0.1, -0.05) is 45.1 Å². The number of unbranched alkanes of at least 4 members (excludes halogenated alkanes) is 3. The van der Waals surface area contributed by atoms with Crippen molar-refractivity contribution in [2.45, 2.75) is 64.3 Å². The largest absolute Gasteiger partial charge is 0.478 e. The Morgan fingerprint density at radius 1 is 1.33 bits per heavy atom. The maximum absolute atomic E-state index is 10.7. The molecule has 0 rings (SSSR count). The van der Waals surface area contributed by atoms with Crippen LogP contribution in [0.5, 0.6) is 0 Å². The molecule has 0 heterocycles. The highest BCUT2D eigenvalue weighted by Crippen LogP contribution is 2.21. The smallest absolute Gasteiger partial charge is 0.330 e. The number of carbonyl (C=O) groups is 1. The van der Waals surface area contributed by atoms with Gasteiger partial charge in [-0.3, -0.25) is 0 Å². The van der Waals surface area contributed by atoms with E-state index in [1.807, 2.05) is 6.08 Å². The molecule has 106 valence electrons. The molecule has 0 saturated carbocycles. The first kappa shape index (κ1) is 17.4. The van der Waals surface area contributed by atoms with E-state index in [1.165, 1.54) is 32.1 Å². The van der Waals surface area contributed by atoms with E-state index in [0.717, 1.165) is 12.8 Å². The van der Waals surface area contributed by atoms with Crippen molar-refractivity contribution in [3.05, 3.63) is 11.6 Å². The summed E-state index contributed by atoms with van der Waals surface area (Å²) in [5, 5.41) is 8.77. The number of hydrogen-bond acceptors (Lipinski definition) is 2. The minimum absolute atomic E-state index is 0.440. The fourth-order valence-electron chi connectivity index (χ4n) is 2.03. The highest BCUT2D eigenvalue weighted by Gasteiger charge is 2.09. The molecule has 1 unspecified atom stereocenters. The normalized spacial score (nSPS) is 14.3. The van der Waals surface area contributed by atoms with Crippen LogP contribution in [0.1, 0.15) is 58.8 Å². The van der Waals surface area contributed by atoms with Gasteiger partial charge < -0.3 is 9.53 Å². The predicted molar refractivity (Wildman–Crippen MR) is 78.7 cm³/mol. The monoisotopic (exact) mass is 272 g/mol. The van der Waals surface area contributed by atoms with Gasteiger partial charge in [-0.15, -0.1) is 0 Å². The molecular formula is C14H28O3Si. The van der Waals surface area contributed by atoms with Gasteiger partial charge >= 0.3 is 5.97 Å². The van der Waals surface area contributed by atoms with Crippen LogP contribution in [0.3, 0.4) is 0 Å². The lowest BCUT2D eigenvalue weighted by Crippen LogP contribution is -2.06. The van der Waals surface area contributed by atoms with Gasteiger partial charge in [-0.05, 0) is 25.3 Å². The van der Waals surface area contributed by atoms with Crippen LogP contribution in [0.15, 0.2) is 11.6 Å². The van der Waals surface area contributed by atoms with E-state index in [0.29, 0.717) is 11.1 Å². The maximum atomic E-state index is 10.7. The number of carboxylic acid groups (broad SMARTS) is 1. The van der Waals surface area contributed by atoms with Gasteiger partial charge in [0, 0.05) is 12.7 Å². The second-order valence-electron chi connectivity index (χ2n) is 4.94. The summed E-state index contributed by atoms with van der Waals surface area (Å²) in [6.07, 6.45) is 10.2. The van der Waals surface area contributed by atoms with E-state index < -0.39 is 15.7 Å². The van der Waals surface area contributed by atoms with E-state index in [4.69, 9.17) is 9.53 Å². The Hall–Kier alpha value is -0.613. The number of aliphatic carboxylic acids is 1. The molecule has 18 heavy (non-hydrogen) atoms. The van der Waals surface area contributed by atoms with Crippen molar-refractivity contribution in [3.8, 4) is 0 Å². The van der Waals surface area contributed by atoms with E-state index in [1.54, 1.807) is 14.0 Å². The van der Waals surface area contributed by atoms with E-state index in [9.17, 15) is 4.79 Å². The molecule has 0 aromatic carbocycles. The molecule has 0 spiro atoms. The molecule has 1 N–H and O–H groups in total. The minimum atomic E-state index is -0.807. The Bertz CT molecular complexity index is 251. The van der Waals surface area contributed by atoms with Crippen LogP contribution in [-0.4, -0.2) is 27.9 Å². The Morgan fingerprint density at radius 3 is 2.61 bits per heavy atom. The van der Waals surface area contributed by atoms with Gasteiger partial charge in [0.1, 0.15) is 0 Å². The molecule has 0 amide bonds. The highest BCUT2D eigenvalue weighted by molar-refractivity contribution is 6.29. The van der Waals surface area contributed by atoms with Gasteiger partial charge in [0.05, 0.1) is 0 Å². The first-order valence-electron chi connectivity index (χ1n) is 7.00. The molecule has 0 bridgehead atoms. The molecule has 0 aromatic heterocycles. The molecule has 0 fully saturated rings. The zero-order valence-corrected chi connectivity index (χ0v) is 13.5. The molecule has 0 aliphatic rings. The highest BCUT2D eigenvalue weighted by atomic mass is 28.2. The van der Waals surface area contributed by atoms with Gasteiger partial charge in [0.2, 0.25) is 0 Å². The third-order valence-corrected chi connectivity index (χ3v) is 4.85. The zero-order valence-electron chi connectivity index (χ0n) is 12.1. The van der Waals surface area contributed by atoms with Crippen molar-refractivity contribution in [2.75, 3.05) is 7.11 Å². The lowest BCUT2D eigenvalue weighted by Gasteiger charge is -2.14. The Morgan fingerprint density at radius 2 is 2.06 bits per heavy atom. The van der Waals surface area contributed by atoms with Crippen molar-refractivity contribution >= 4 is 15.7 Å². The number of hydrogen-bond donors (Lipinski definition) is 1. The van der Waals surface area contributed by atoms with E-state index in [2.05, 4.69) is 6.92 Å². The van der Waals surface area contributed by atoms with Crippen molar-refractivity contribution in [3.63, 3.8) is 0 Å². The molecule has 1 atom stereocenters. The first-order chi connectivity index (χ1) is 8.61. The molecule has 4 heteroatoms. The predicted octanol–water partition coefficient (Wildman–Crippen LogP) is 3.29. The molecule has 0 aliphatic carbocycles. The second kappa shape index (κ2) is 11.5. The summed E-state index contributed by atoms with van der Waals surface area (Å²) in [5.41, 5.74) is 1.16. The number of allylic oxidation sites excluding steroid dienone is 1.